The maximum atomic E-state index is 13.7. The van der Waals surface area contributed by atoms with Crippen LogP contribution in [0.4, 0.5) is 4.39 Å². The van der Waals surface area contributed by atoms with Crippen molar-refractivity contribution in [2.45, 2.75) is 20.0 Å². The van der Waals surface area contributed by atoms with E-state index >= 15 is 0 Å². The van der Waals surface area contributed by atoms with Gasteiger partial charge < -0.3 is 9.73 Å². The van der Waals surface area contributed by atoms with Gasteiger partial charge >= 0.3 is 5.69 Å². The van der Waals surface area contributed by atoms with E-state index in [1.165, 1.54) is 41.2 Å². The van der Waals surface area contributed by atoms with Crippen molar-refractivity contribution in [1.82, 2.24) is 14.5 Å². The summed E-state index contributed by atoms with van der Waals surface area (Å²) in [5.41, 5.74) is 1.23. The summed E-state index contributed by atoms with van der Waals surface area (Å²) < 4.78 is 21.3. The molecule has 0 radical (unpaired) electrons. The Morgan fingerprint density at radius 2 is 1.81 bits per heavy atom. The molecule has 0 unspecified atom stereocenters. The van der Waals surface area contributed by atoms with Gasteiger partial charge in [0, 0.05) is 10.6 Å². The second kappa shape index (κ2) is 9.91. The third-order valence-electron chi connectivity index (χ3n) is 6.05. The predicted molar refractivity (Wildman–Crippen MR) is 139 cm³/mol. The Hall–Kier alpha value is -4.43. The fourth-order valence-corrected chi connectivity index (χ4v) is 4.31. The van der Waals surface area contributed by atoms with Gasteiger partial charge in [-0.05, 0) is 67.1 Å². The fraction of sp³-hybridized carbons (Fsp3) is 0.107. The van der Waals surface area contributed by atoms with E-state index in [2.05, 4.69) is 5.32 Å². The lowest BCUT2D eigenvalue weighted by molar-refractivity contribution is 0.0948. The first-order chi connectivity index (χ1) is 17.8. The van der Waals surface area contributed by atoms with Gasteiger partial charge in [0.25, 0.3) is 11.5 Å². The molecule has 1 N–H and O–H groups in total. The van der Waals surface area contributed by atoms with Crippen LogP contribution in [-0.2, 0) is 13.1 Å². The Balaban J connectivity index is 1.67. The highest BCUT2D eigenvalue weighted by Gasteiger charge is 2.18. The first-order valence-corrected chi connectivity index (χ1v) is 11.8. The zero-order valence-corrected chi connectivity index (χ0v) is 20.5. The SMILES string of the molecule is Cc1ccc(-n2c(=O)c3ccc(C(=O)NCc4ccco4)cc3n(Cc3ccc(F)cc3Cl)c2=O)cc1. The van der Waals surface area contributed by atoms with Crippen LogP contribution in [0.2, 0.25) is 5.02 Å². The molecule has 5 rings (SSSR count). The lowest BCUT2D eigenvalue weighted by Gasteiger charge is -2.16. The van der Waals surface area contributed by atoms with Crippen molar-refractivity contribution < 1.29 is 13.6 Å². The molecular formula is C28H21ClFN3O4. The second-order valence-electron chi connectivity index (χ2n) is 8.57. The number of carbonyl (C=O) groups excluding carboxylic acids is 1. The highest BCUT2D eigenvalue weighted by molar-refractivity contribution is 6.31. The van der Waals surface area contributed by atoms with Crippen LogP contribution in [0.15, 0.2) is 93.1 Å². The zero-order valence-electron chi connectivity index (χ0n) is 19.7. The van der Waals surface area contributed by atoms with Gasteiger partial charge in [0.05, 0.1) is 35.9 Å². The van der Waals surface area contributed by atoms with E-state index in [1.807, 2.05) is 6.92 Å². The average molecular weight is 518 g/mol. The second-order valence-corrected chi connectivity index (χ2v) is 8.98. The molecule has 1 amide bonds. The highest BCUT2D eigenvalue weighted by Crippen LogP contribution is 2.21. The minimum absolute atomic E-state index is 0.0436. The molecule has 37 heavy (non-hydrogen) atoms. The quantitative estimate of drug-likeness (QED) is 0.350. The van der Waals surface area contributed by atoms with Crippen LogP contribution in [0.3, 0.4) is 0 Å². The Morgan fingerprint density at radius 3 is 2.51 bits per heavy atom. The third kappa shape index (κ3) is 4.83. The average Bonchev–Trinajstić information content (AvgIpc) is 3.41. The van der Waals surface area contributed by atoms with Gasteiger partial charge in [0.15, 0.2) is 0 Å². The van der Waals surface area contributed by atoms with Crippen LogP contribution in [0.5, 0.6) is 0 Å². The molecule has 3 aromatic carbocycles. The van der Waals surface area contributed by atoms with Gasteiger partial charge in [-0.25, -0.2) is 13.8 Å². The topological polar surface area (TPSA) is 86.2 Å². The van der Waals surface area contributed by atoms with Crippen molar-refractivity contribution in [3.8, 4) is 5.69 Å². The van der Waals surface area contributed by atoms with Crippen molar-refractivity contribution in [2.24, 2.45) is 0 Å². The number of fused-ring (bicyclic) bond motifs is 1. The lowest BCUT2D eigenvalue weighted by Crippen LogP contribution is -2.39. The molecule has 9 heteroatoms. The number of nitrogens with one attached hydrogen (secondary N) is 1. The molecule has 0 aliphatic heterocycles. The van der Waals surface area contributed by atoms with Crippen molar-refractivity contribution in [2.75, 3.05) is 0 Å². The number of aromatic nitrogens is 2. The monoisotopic (exact) mass is 517 g/mol. The van der Waals surface area contributed by atoms with Crippen molar-refractivity contribution in [3.05, 3.63) is 133 Å². The number of hydrogen-bond acceptors (Lipinski definition) is 4. The summed E-state index contributed by atoms with van der Waals surface area (Å²) in [7, 11) is 0. The van der Waals surface area contributed by atoms with Gasteiger partial charge in [0.1, 0.15) is 11.6 Å². The van der Waals surface area contributed by atoms with Gasteiger partial charge in [-0.3, -0.25) is 14.2 Å². The molecular weight excluding hydrogens is 497 g/mol. The van der Waals surface area contributed by atoms with E-state index < -0.39 is 23.0 Å². The number of halogens is 2. The molecule has 0 saturated carbocycles. The smallest absolute Gasteiger partial charge is 0.336 e. The minimum atomic E-state index is -0.616. The van der Waals surface area contributed by atoms with E-state index in [0.717, 1.165) is 16.2 Å². The van der Waals surface area contributed by atoms with Gasteiger partial charge in [-0.2, -0.15) is 0 Å². The molecule has 7 nitrogen and oxygen atoms in total. The zero-order chi connectivity index (χ0) is 26.1. The van der Waals surface area contributed by atoms with E-state index in [-0.39, 0.29) is 34.6 Å². The third-order valence-corrected chi connectivity index (χ3v) is 6.40. The normalized spacial score (nSPS) is 11.1. The maximum Gasteiger partial charge on any atom is 0.336 e. The number of nitrogens with zero attached hydrogens (tertiary/aromatic N) is 2. The van der Waals surface area contributed by atoms with Crippen LogP contribution in [0, 0.1) is 12.7 Å². The molecule has 2 aromatic heterocycles. The van der Waals surface area contributed by atoms with E-state index in [1.54, 1.807) is 36.4 Å². The van der Waals surface area contributed by atoms with Crippen LogP contribution in [0.25, 0.3) is 16.6 Å². The van der Waals surface area contributed by atoms with Crippen molar-refractivity contribution in [3.63, 3.8) is 0 Å². The Morgan fingerprint density at radius 1 is 1.03 bits per heavy atom. The highest BCUT2D eigenvalue weighted by atomic mass is 35.5. The number of carbonyl (C=O) groups is 1. The summed E-state index contributed by atoms with van der Waals surface area (Å²) in [5, 5.41) is 3.13. The van der Waals surface area contributed by atoms with Crippen LogP contribution in [0.1, 0.15) is 27.2 Å². The van der Waals surface area contributed by atoms with Crippen molar-refractivity contribution in [1.29, 1.82) is 0 Å². The van der Waals surface area contributed by atoms with Crippen molar-refractivity contribution >= 4 is 28.4 Å². The predicted octanol–water partition coefficient (Wildman–Crippen LogP) is 4.82. The summed E-state index contributed by atoms with van der Waals surface area (Å²) in [6.07, 6.45) is 1.51. The van der Waals surface area contributed by atoms with Gasteiger partial charge in [-0.15, -0.1) is 0 Å². The Labute approximate surface area is 215 Å². The Kier molecular flexibility index (Phi) is 6.50. The number of benzene rings is 3. The molecule has 0 aliphatic rings. The number of rotatable bonds is 6. The molecule has 186 valence electrons. The molecule has 0 saturated heterocycles. The molecule has 0 spiro atoms. The first kappa shape index (κ1) is 24.3. The Bertz CT molecular complexity index is 1740. The summed E-state index contributed by atoms with van der Waals surface area (Å²) in [6.45, 7) is 2.04. The number of hydrogen-bond donors (Lipinski definition) is 1. The molecule has 0 aliphatic carbocycles. The van der Waals surface area contributed by atoms with Crippen LogP contribution in [-0.4, -0.2) is 15.0 Å². The van der Waals surface area contributed by atoms with E-state index in [9.17, 15) is 18.8 Å². The standard InChI is InChI=1S/C28H21ClFN3O4/c1-17-4-9-21(10-5-17)33-27(35)23-11-7-18(26(34)31-15-22-3-2-12-37-22)13-25(23)32(28(33)36)16-19-6-8-20(30)14-24(19)29/h2-14H,15-16H2,1H3,(H,31,34). The lowest BCUT2D eigenvalue weighted by atomic mass is 10.1. The van der Waals surface area contributed by atoms with E-state index in [4.69, 9.17) is 16.0 Å². The summed E-state index contributed by atoms with van der Waals surface area (Å²) in [5.74, 6) is -0.330. The molecule has 0 fully saturated rings. The van der Waals surface area contributed by atoms with Gasteiger partial charge in [-0.1, -0.05) is 35.4 Å². The number of furan rings is 1. The molecule has 0 bridgehead atoms. The first-order valence-electron chi connectivity index (χ1n) is 11.4. The molecule has 5 aromatic rings. The number of amides is 1. The minimum Gasteiger partial charge on any atom is -0.467 e. The van der Waals surface area contributed by atoms with Gasteiger partial charge in [0.2, 0.25) is 0 Å². The van der Waals surface area contributed by atoms with E-state index in [0.29, 0.717) is 17.0 Å². The van der Waals surface area contributed by atoms with Crippen LogP contribution >= 0.6 is 11.6 Å². The largest absolute Gasteiger partial charge is 0.467 e. The summed E-state index contributed by atoms with van der Waals surface area (Å²) in [6, 6.07) is 18.9. The summed E-state index contributed by atoms with van der Waals surface area (Å²) in [4.78, 5) is 40.1. The number of aryl methyl sites for hydroxylation is 1. The molecule has 0 atom stereocenters. The maximum absolute atomic E-state index is 13.7. The molecule has 2 heterocycles. The fourth-order valence-electron chi connectivity index (χ4n) is 4.09. The summed E-state index contributed by atoms with van der Waals surface area (Å²) >= 11 is 6.26. The van der Waals surface area contributed by atoms with Crippen LogP contribution < -0.4 is 16.6 Å².